The Bertz CT molecular complexity index is 226. The molecule has 0 aromatic heterocycles. The van der Waals surface area contributed by atoms with Crippen molar-refractivity contribution in [3.63, 3.8) is 0 Å². The van der Waals surface area contributed by atoms with Gasteiger partial charge in [0.1, 0.15) is 0 Å². The molecule has 3 heteroatoms. The van der Waals surface area contributed by atoms with Crippen molar-refractivity contribution in [2.45, 2.75) is 45.6 Å². The van der Waals surface area contributed by atoms with Gasteiger partial charge in [-0.3, -0.25) is 9.80 Å². The van der Waals surface area contributed by atoms with Crippen LogP contribution in [0.1, 0.15) is 39.5 Å². The molecule has 3 nitrogen and oxygen atoms in total. The molecule has 0 aromatic rings. The van der Waals surface area contributed by atoms with Crippen molar-refractivity contribution in [1.29, 1.82) is 0 Å². The number of piperazine rings is 1. The van der Waals surface area contributed by atoms with Crippen molar-refractivity contribution in [3.05, 3.63) is 0 Å². The SMILES string of the molecule is CCC(C)C1CCCCN1CCN1CCNCC1. The van der Waals surface area contributed by atoms with Crippen LogP contribution >= 0.6 is 0 Å². The minimum absolute atomic E-state index is 0.853. The summed E-state index contributed by atoms with van der Waals surface area (Å²) < 4.78 is 0. The van der Waals surface area contributed by atoms with Crippen LogP contribution in [0.15, 0.2) is 0 Å². The fourth-order valence-electron chi connectivity index (χ4n) is 3.42. The molecule has 0 aromatic carbocycles. The molecule has 2 rings (SSSR count). The van der Waals surface area contributed by atoms with E-state index in [9.17, 15) is 0 Å². The summed E-state index contributed by atoms with van der Waals surface area (Å²) in [7, 11) is 0. The van der Waals surface area contributed by atoms with Crippen molar-refractivity contribution < 1.29 is 0 Å². The molecule has 2 unspecified atom stereocenters. The smallest absolute Gasteiger partial charge is 0.0121 e. The number of hydrogen-bond donors (Lipinski definition) is 1. The Kier molecular flexibility index (Phi) is 5.93. The van der Waals surface area contributed by atoms with E-state index in [-0.39, 0.29) is 0 Å². The molecule has 0 spiro atoms. The first-order valence-corrected chi connectivity index (χ1v) is 7.98. The lowest BCUT2D eigenvalue weighted by atomic mass is 9.90. The summed E-state index contributed by atoms with van der Waals surface area (Å²) >= 11 is 0. The first-order chi connectivity index (χ1) is 8.81. The Hall–Kier alpha value is -0.120. The van der Waals surface area contributed by atoms with Crippen LogP contribution in [-0.2, 0) is 0 Å². The normalized spacial score (nSPS) is 29.3. The molecule has 2 heterocycles. The molecule has 0 aliphatic carbocycles. The molecule has 106 valence electrons. The van der Waals surface area contributed by atoms with Crippen LogP contribution in [0.5, 0.6) is 0 Å². The predicted molar refractivity (Wildman–Crippen MR) is 78.0 cm³/mol. The standard InChI is InChI=1S/C15H31N3/c1-3-14(2)15-6-4-5-9-18(15)13-12-17-10-7-16-8-11-17/h14-16H,3-13H2,1-2H3. The van der Waals surface area contributed by atoms with Crippen LogP contribution in [0, 0.1) is 5.92 Å². The first-order valence-electron chi connectivity index (χ1n) is 7.98. The van der Waals surface area contributed by atoms with Crippen molar-refractivity contribution in [2.24, 2.45) is 5.92 Å². The average Bonchev–Trinajstić information content (AvgIpc) is 2.45. The third kappa shape index (κ3) is 3.94. The molecule has 2 atom stereocenters. The summed E-state index contributed by atoms with van der Waals surface area (Å²) in [6.45, 7) is 13.5. The molecule has 2 aliphatic rings. The highest BCUT2D eigenvalue weighted by Gasteiger charge is 2.26. The van der Waals surface area contributed by atoms with Crippen LogP contribution in [0.25, 0.3) is 0 Å². The topological polar surface area (TPSA) is 18.5 Å². The molecule has 0 bridgehead atoms. The number of nitrogens with one attached hydrogen (secondary N) is 1. The highest BCUT2D eigenvalue weighted by atomic mass is 15.2. The second kappa shape index (κ2) is 7.46. The maximum atomic E-state index is 3.43. The number of piperidine rings is 1. The van der Waals surface area contributed by atoms with Crippen LogP contribution in [0.3, 0.4) is 0 Å². The van der Waals surface area contributed by atoms with Crippen LogP contribution < -0.4 is 5.32 Å². The van der Waals surface area contributed by atoms with Gasteiger partial charge in [0.25, 0.3) is 0 Å². The lowest BCUT2D eigenvalue weighted by Crippen LogP contribution is -2.50. The second-order valence-electron chi connectivity index (χ2n) is 6.08. The molecule has 0 radical (unpaired) electrons. The molecular formula is C15H31N3. The summed E-state index contributed by atoms with van der Waals surface area (Å²) in [4.78, 5) is 5.40. The molecule has 2 aliphatic heterocycles. The Balaban J connectivity index is 1.77. The number of nitrogens with zero attached hydrogens (tertiary/aromatic N) is 2. The maximum Gasteiger partial charge on any atom is 0.0121 e. The van der Waals surface area contributed by atoms with E-state index >= 15 is 0 Å². The minimum atomic E-state index is 0.853. The van der Waals surface area contributed by atoms with Gasteiger partial charge in [0, 0.05) is 45.3 Å². The van der Waals surface area contributed by atoms with Crippen molar-refractivity contribution >= 4 is 0 Å². The van der Waals surface area contributed by atoms with Gasteiger partial charge in [-0.05, 0) is 25.3 Å². The largest absolute Gasteiger partial charge is 0.314 e. The van der Waals surface area contributed by atoms with E-state index < -0.39 is 0 Å². The lowest BCUT2D eigenvalue weighted by Gasteiger charge is -2.40. The van der Waals surface area contributed by atoms with Crippen LogP contribution in [0.2, 0.25) is 0 Å². The summed E-state index contributed by atoms with van der Waals surface area (Å²) in [5, 5.41) is 3.43. The molecule has 2 fully saturated rings. The monoisotopic (exact) mass is 253 g/mol. The summed E-state index contributed by atoms with van der Waals surface area (Å²) in [6, 6.07) is 0.853. The average molecular weight is 253 g/mol. The number of likely N-dealkylation sites (tertiary alicyclic amines) is 1. The molecule has 2 saturated heterocycles. The molecular weight excluding hydrogens is 222 g/mol. The fourth-order valence-corrected chi connectivity index (χ4v) is 3.42. The van der Waals surface area contributed by atoms with E-state index in [1.165, 1.54) is 71.5 Å². The number of hydrogen-bond acceptors (Lipinski definition) is 3. The van der Waals surface area contributed by atoms with Crippen molar-refractivity contribution in [2.75, 3.05) is 45.8 Å². The van der Waals surface area contributed by atoms with E-state index in [0.29, 0.717) is 0 Å². The van der Waals surface area contributed by atoms with Gasteiger partial charge in [0.15, 0.2) is 0 Å². The summed E-state index contributed by atoms with van der Waals surface area (Å²) in [5.74, 6) is 0.869. The van der Waals surface area contributed by atoms with Gasteiger partial charge in [-0.25, -0.2) is 0 Å². The van der Waals surface area contributed by atoms with Crippen LogP contribution in [0.4, 0.5) is 0 Å². The zero-order chi connectivity index (χ0) is 12.8. The van der Waals surface area contributed by atoms with Gasteiger partial charge in [-0.15, -0.1) is 0 Å². The van der Waals surface area contributed by atoms with E-state index in [1.54, 1.807) is 0 Å². The fraction of sp³-hybridized carbons (Fsp3) is 1.00. The highest BCUT2D eigenvalue weighted by Crippen LogP contribution is 2.24. The third-order valence-electron chi connectivity index (χ3n) is 4.88. The van der Waals surface area contributed by atoms with E-state index in [1.807, 2.05) is 0 Å². The van der Waals surface area contributed by atoms with Gasteiger partial charge >= 0.3 is 0 Å². The van der Waals surface area contributed by atoms with Gasteiger partial charge in [-0.2, -0.15) is 0 Å². The summed E-state index contributed by atoms with van der Waals surface area (Å²) in [5.41, 5.74) is 0. The zero-order valence-electron chi connectivity index (χ0n) is 12.3. The van der Waals surface area contributed by atoms with E-state index in [0.717, 1.165) is 12.0 Å². The Morgan fingerprint density at radius 2 is 1.89 bits per heavy atom. The molecule has 0 amide bonds. The van der Waals surface area contributed by atoms with Crippen LogP contribution in [-0.4, -0.2) is 61.7 Å². The third-order valence-corrected chi connectivity index (χ3v) is 4.88. The van der Waals surface area contributed by atoms with Gasteiger partial charge < -0.3 is 5.32 Å². The van der Waals surface area contributed by atoms with Crippen molar-refractivity contribution in [1.82, 2.24) is 15.1 Å². The second-order valence-corrected chi connectivity index (χ2v) is 6.08. The molecule has 1 N–H and O–H groups in total. The Morgan fingerprint density at radius 3 is 2.61 bits per heavy atom. The quantitative estimate of drug-likeness (QED) is 0.806. The Morgan fingerprint density at radius 1 is 1.11 bits per heavy atom. The first kappa shape index (κ1) is 14.3. The zero-order valence-corrected chi connectivity index (χ0v) is 12.3. The molecule has 18 heavy (non-hydrogen) atoms. The Labute approximate surface area is 113 Å². The van der Waals surface area contributed by atoms with E-state index in [4.69, 9.17) is 0 Å². The maximum absolute atomic E-state index is 3.43. The minimum Gasteiger partial charge on any atom is -0.314 e. The lowest BCUT2D eigenvalue weighted by molar-refractivity contribution is 0.0870. The van der Waals surface area contributed by atoms with Gasteiger partial charge in [0.2, 0.25) is 0 Å². The van der Waals surface area contributed by atoms with Crippen molar-refractivity contribution in [3.8, 4) is 0 Å². The highest BCUT2D eigenvalue weighted by molar-refractivity contribution is 4.81. The predicted octanol–water partition coefficient (Wildman–Crippen LogP) is 1.79. The number of rotatable bonds is 5. The molecule has 0 saturated carbocycles. The van der Waals surface area contributed by atoms with E-state index in [2.05, 4.69) is 29.0 Å². The van der Waals surface area contributed by atoms with Gasteiger partial charge in [-0.1, -0.05) is 26.7 Å². The summed E-state index contributed by atoms with van der Waals surface area (Å²) in [6.07, 6.45) is 5.61. The van der Waals surface area contributed by atoms with Gasteiger partial charge in [0.05, 0.1) is 0 Å².